The van der Waals surface area contributed by atoms with Crippen LogP contribution in [0.2, 0.25) is 0 Å². The molecule has 0 saturated heterocycles. The van der Waals surface area contributed by atoms with Gasteiger partial charge in [-0.25, -0.2) is 4.98 Å². The lowest BCUT2D eigenvalue weighted by atomic mass is 10.2. The van der Waals surface area contributed by atoms with E-state index in [9.17, 15) is 0 Å². The number of methoxy groups -OCH3 is 1. The van der Waals surface area contributed by atoms with E-state index in [0.29, 0.717) is 23.9 Å². The van der Waals surface area contributed by atoms with Crippen LogP contribution < -0.4 is 10.5 Å². The molecule has 6 nitrogen and oxygen atoms in total. The molecule has 1 aromatic heterocycles. The summed E-state index contributed by atoms with van der Waals surface area (Å²) in [5, 5.41) is 11.5. The third kappa shape index (κ3) is 3.46. The molecule has 0 aliphatic rings. The predicted molar refractivity (Wildman–Crippen MR) is 74.0 cm³/mol. The summed E-state index contributed by atoms with van der Waals surface area (Å²) in [4.78, 5) is 4.15. The van der Waals surface area contributed by atoms with Crippen molar-refractivity contribution in [3.05, 3.63) is 53.7 Å². The number of amidine groups is 1. The van der Waals surface area contributed by atoms with Gasteiger partial charge in [-0.15, -0.1) is 0 Å². The van der Waals surface area contributed by atoms with Crippen LogP contribution in [0.1, 0.15) is 11.3 Å². The minimum atomic E-state index is -0.0661. The zero-order valence-electron chi connectivity index (χ0n) is 11.0. The Labute approximate surface area is 116 Å². The number of nitrogens with zero attached hydrogens (tertiary/aromatic N) is 2. The molecule has 104 valence electrons. The lowest BCUT2D eigenvalue weighted by Crippen LogP contribution is -2.14. The normalized spacial score (nSPS) is 11.3. The molecule has 0 spiro atoms. The zero-order valence-corrected chi connectivity index (χ0v) is 11.0. The largest absolute Gasteiger partial charge is 0.439 e. The Kier molecular flexibility index (Phi) is 4.52. The summed E-state index contributed by atoms with van der Waals surface area (Å²) in [6.45, 7) is 0.509. The summed E-state index contributed by atoms with van der Waals surface area (Å²) >= 11 is 0. The highest BCUT2D eigenvalue weighted by Crippen LogP contribution is 2.21. The van der Waals surface area contributed by atoms with Crippen LogP contribution >= 0.6 is 0 Å². The molecule has 2 aromatic rings. The van der Waals surface area contributed by atoms with Gasteiger partial charge in [-0.1, -0.05) is 23.4 Å². The fourth-order valence-corrected chi connectivity index (χ4v) is 1.65. The molecular formula is C14H15N3O3. The Morgan fingerprint density at radius 3 is 2.85 bits per heavy atom. The number of pyridine rings is 1. The van der Waals surface area contributed by atoms with Crippen molar-refractivity contribution in [2.75, 3.05) is 7.11 Å². The van der Waals surface area contributed by atoms with Crippen molar-refractivity contribution in [2.24, 2.45) is 10.9 Å². The van der Waals surface area contributed by atoms with Crippen LogP contribution in [-0.2, 0) is 11.3 Å². The smallest absolute Gasteiger partial charge is 0.219 e. The van der Waals surface area contributed by atoms with Gasteiger partial charge in [0.25, 0.3) is 0 Å². The number of benzene rings is 1. The molecular weight excluding hydrogens is 258 g/mol. The van der Waals surface area contributed by atoms with Gasteiger partial charge in [0.1, 0.15) is 11.4 Å². The molecule has 0 aliphatic heterocycles. The van der Waals surface area contributed by atoms with E-state index < -0.39 is 0 Å². The lowest BCUT2D eigenvalue weighted by Gasteiger charge is -2.07. The number of nitrogens with two attached hydrogens (primary N) is 1. The van der Waals surface area contributed by atoms with Crippen LogP contribution in [0.3, 0.4) is 0 Å². The summed E-state index contributed by atoms with van der Waals surface area (Å²) in [6.07, 6.45) is 0. The number of ether oxygens (including phenoxy) is 2. The van der Waals surface area contributed by atoms with Crippen molar-refractivity contribution in [1.82, 2.24) is 4.98 Å². The van der Waals surface area contributed by atoms with E-state index in [2.05, 4.69) is 10.1 Å². The SMILES string of the molecule is COCc1cccc(Oc2cccc(C(N)=NO)n2)c1. The van der Waals surface area contributed by atoms with E-state index in [1.165, 1.54) is 0 Å². The highest BCUT2D eigenvalue weighted by Gasteiger charge is 2.05. The molecule has 6 heteroatoms. The predicted octanol–water partition coefficient (Wildman–Crippen LogP) is 2.11. The zero-order chi connectivity index (χ0) is 14.4. The molecule has 2 rings (SSSR count). The quantitative estimate of drug-likeness (QED) is 0.377. The average Bonchev–Trinajstić information content (AvgIpc) is 2.47. The Morgan fingerprint density at radius 1 is 1.30 bits per heavy atom. The fraction of sp³-hybridized carbons (Fsp3) is 0.143. The molecule has 0 atom stereocenters. The first-order chi connectivity index (χ1) is 9.72. The standard InChI is InChI=1S/C14H15N3O3/c1-19-9-10-4-2-5-11(8-10)20-13-7-3-6-12(16-13)14(15)17-18/h2-8,18H,9H2,1H3,(H2,15,17). The van der Waals surface area contributed by atoms with Gasteiger partial charge in [-0.2, -0.15) is 0 Å². The average molecular weight is 273 g/mol. The molecule has 0 radical (unpaired) electrons. The number of hydrogen-bond donors (Lipinski definition) is 2. The Hall–Kier alpha value is -2.60. The van der Waals surface area contributed by atoms with Crippen molar-refractivity contribution in [1.29, 1.82) is 0 Å². The highest BCUT2D eigenvalue weighted by atomic mass is 16.5. The van der Waals surface area contributed by atoms with E-state index in [0.717, 1.165) is 5.56 Å². The van der Waals surface area contributed by atoms with Crippen molar-refractivity contribution in [2.45, 2.75) is 6.61 Å². The summed E-state index contributed by atoms with van der Waals surface area (Å²) in [5.41, 5.74) is 6.83. The maximum absolute atomic E-state index is 8.63. The fourth-order valence-electron chi connectivity index (χ4n) is 1.65. The van der Waals surface area contributed by atoms with E-state index in [4.69, 9.17) is 20.4 Å². The van der Waals surface area contributed by atoms with Crippen LogP contribution in [0.5, 0.6) is 11.6 Å². The summed E-state index contributed by atoms with van der Waals surface area (Å²) in [6, 6.07) is 12.5. The van der Waals surface area contributed by atoms with Crippen LogP contribution in [0.25, 0.3) is 0 Å². The van der Waals surface area contributed by atoms with Crippen molar-refractivity contribution in [3.63, 3.8) is 0 Å². The van der Waals surface area contributed by atoms with Crippen LogP contribution in [0.4, 0.5) is 0 Å². The monoisotopic (exact) mass is 273 g/mol. The third-order valence-electron chi connectivity index (χ3n) is 2.53. The second-order valence-electron chi connectivity index (χ2n) is 4.03. The Morgan fingerprint density at radius 2 is 2.10 bits per heavy atom. The Bertz CT molecular complexity index is 614. The number of rotatable bonds is 5. The summed E-state index contributed by atoms with van der Waals surface area (Å²) in [7, 11) is 1.63. The summed E-state index contributed by atoms with van der Waals surface area (Å²) in [5.74, 6) is 0.941. The van der Waals surface area contributed by atoms with E-state index in [-0.39, 0.29) is 5.84 Å². The van der Waals surface area contributed by atoms with Crippen LogP contribution in [0, 0.1) is 0 Å². The molecule has 1 aromatic carbocycles. The Balaban J connectivity index is 2.19. The van der Waals surface area contributed by atoms with Gasteiger partial charge in [-0.05, 0) is 23.8 Å². The maximum Gasteiger partial charge on any atom is 0.219 e. The first-order valence-electron chi connectivity index (χ1n) is 5.93. The minimum Gasteiger partial charge on any atom is -0.439 e. The van der Waals surface area contributed by atoms with Gasteiger partial charge in [0.15, 0.2) is 5.84 Å². The second kappa shape index (κ2) is 6.53. The molecule has 0 bridgehead atoms. The number of oxime groups is 1. The third-order valence-corrected chi connectivity index (χ3v) is 2.53. The minimum absolute atomic E-state index is 0.0661. The molecule has 20 heavy (non-hydrogen) atoms. The first-order valence-corrected chi connectivity index (χ1v) is 5.93. The van der Waals surface area contributed by atoms with Crippen molar-refractivity contribution in [3.8, 4) is 11.6 Å². The van der Waals surface area contributed by atoms with Gasteiger partial charge < -0.3 is 20.4 Å². The van der Waals surface area contributed by atoms with Crippen molar-refractivity contribution >= 4 is 5.84 Å². The van der Waals surface area contributed by atoms with E-state index in [1.54, 1.807) is 25.3 Å². The molecule has 0 amide bonds. The molecule has 1 heterocycles. The number of aromatic nitrogens is 1. The maximum atomic E-state index is 8.63. The molecule has 0 unspecified atom stereocenters. The van der Waals surface area contributed by atoms with E-state index in [1.807, 2.05) is 24.3 Å². The van der Waals surface area contributed by atoms with Gasteiger partial charge in [0.05, 0.1) is 6.61 Å². The molecule has 0 fully saturated rings. The lowest BCUT2D eigenvalue weighted by molar-refractivity contribution is 0.184. The highest BCUT2D eigenvalue weighted by molar-refractivity contribution is 5.95. The van der Waals surface area contributed by atoms with Gasteiger partial charge in [0, 0.05) is 13.2 Å². The van der Waals surface area contributed by atoms with Gasteiger partial charge in [0.2, 0.25) is 5.88 Å². The number of hydrogen-bond acceptors (Lipinski definition) is 5. The van der Waals surface area contributed by atoms with Crippen molar-refractivity contribution < 1.29 is 14.7 Å². The molecule has 3 N–H and O–H groups in total. The first kappa shape index (κ1) is 13.8. The topological polar surface area (TPSA) is 90.0 Å². The van der Waals surface area contributed by atoms with Crippen LogP contribution in [-0.4, -0.2) is 23.1 Å². The van der Waals surface area contributed by atoms with Crippen LogP contribution in [0.15, 0.2) is 47.6 Å². The van der Waals surface area contributed by atoms with E-state index >= 15 is 0 Å². The van der Waals surface area contributed by atoms with Gasteiger partial charge >= 0.3 is 0 Å². The van der Waals surface area contributed by atoms with Gasteiger partial charge in [-0.3, -0.25) is 0 Å². The molecule has 0 saturated carbocycles. The molecule has 0 aliphatic carbocycles. The second-order valence-corrected chi connectivity index (χ2v) is 4.03. The summed E-state index contributed by atoms with van der Waals surface area (Å²) < 4.78 is 10.7.